The zero-order chi connectivity index (χ0) is 13.0. The number of aromatic nitrogens is 2. The summed E-state index contributed by atoms with van der Waals surface area (Å²) < 4.78 is 1.84. The standard InChI is InChI=1S/C13H22N4O/c1-10-5-3-6-12(15-10)13(18)16-11(2)9-17-8-4-7-14-17/h4,7-8,10-12,15H,3,5-6,9H2,1-2H3,(H,16,18). The largest absolute Gasteiger partial charge is 0.350 e. The number of rotatable bonds is 4. The van der Waals surface area contributed by atoms with Crippen LogP contribution in [0.5, 0.6) is 0 Å². The van der Waals surface area contributed by atoms with Crippen LogP contribution in [0.1, 0.15) is 33.1 Å². The van der Waals surface area contributed by atoms with Crippen molar-refractivity contribution in [2.45, 2.75) is 57.8 Å². The summed E-state index contributed by atoms with van der Waals surface area (Å²) in [6, 6.07) is 2.39. The molecule has 18 heavy (non-hydrogen) atoms. The lowest BCUT2D eigenvalue weighted by molar-refractivity contribution is -0.124. The quantitative estimate of drug-likeness (QED) is 0.835. The van der Waals surface area contributed by atoms with Crippen molar-refractivity contribution in [3.05, 3.63) is 18.5 Å². The molecule has 1 aromatic heterocycles. The Hall–Kier alpha value is -1.36. The predicted octanol–water partition coefficient (Wildman–Crippen LogP) is 0.918. The van der Waals surface area contributed by atoms with E-state index in [0.717, 1.165) is 19.3 Å². The second kappa shape index (κ2) is 6.00. The average molecular weight is 250 g/mol. The van der Waals surface area contributed by atoms with Crippen molar-refractivity contribution in [3.8, 4) is 0 Å². The summed E-state index contributed by atoms with van der Waals surface area (Å²) in [7, 11) is 0. The van der Waals surface area contributed by atoms with Crippen LogP contribution in [-0.4, -0.2) is 33.8 Å². The van der Waals surface area contributed by atoms with E-state index in [1.54, 1.807) is 6.20 Å². The van der Waals surface area contributed by atoms with Gasteiger partial charge in [0.05, 0.1) is 12.6 Å². The highest BCUT2D eigenvalue weighted by Gasteiger charge is 2.24. The smallest absolute Gasteiger partial charge is 0.237 e. The number of amides is 1. The molecular formula is C13H22N4O. The van der Waals surface area contributed by atoms with Gasteiger partial charge in [-0.05, 0) is 39.2 Å². The SMILES string of the molecule is CC(Cn1cccn1)NC(=O)C1CCCC(C)N1. The van der Waals surface area contributed by atoms with E-state index in [1.165, 1.54) is 0 Å². The fourth-order valence-corrected chi connectivity index (χ4v) is 2.42. The molecule has 2 heterocycles. The minimum atomic E-state index is -0.0335. The Morgan fingerprint density at radius 2 is 2.44 bits per heavy atom. The highest BCUT2D eigenvalue weighted by atomic mass is 16.2. The van der Waals surface area contributed by atoms with Crippen LogP contribution < -0.4 is 10.6 Å². The Labute approximate surface area is 108 Å². The minimum Gasteiger partial charge on any atom is -0.350 e. The van der Waals surface area contributed by atoms with Crippen LogP contribution >= 0.6 is 0 Å². The number of hydrogen-bond donors (Lipinski definition) is 2. The number of carbonyl (C=O) groups is 1. The molecule has 0 aliphatic carbocycles. The maximum atomic E-state index is 12.1. The second-order valence-electron chi connectivity index (χ2n) is 5.19. The molecule has 3 atom stereocenters. The summed E-state index contributed by atoms with van der Waals surface area (Å²) in [4.78, 5) is 12.1. The van der Waals surface area contributed by atoms with Gasteiger partial charge in [-0.3, -0.25) is 9.48 Å². The van der Waals surface area contributed by atoms with Crippen LogP contribution in [0.4, 0.5) is 0 Å². The molecule has 1 amide bonds. The van der Waals surface area contributed by atoms with Crippen molar-refractivity contribution >= 4 is 5.91 Å². The van der Waals surface area contributed by atoms with Crippen molar-refractivity contribution in [1.82, 2.24) is 20.4 Å². The first kappa shape index (κ1) is 13.1. The van der Waals surface area contributed by atoms with Gasteiger partial charge in [-0.2, -0.15) is 5.10 Å². The highest BCUT2D eigenvalue weighted by molar-refractivity contribution is 5.82. The van der Waals surface area contributed by atoms with Gasteiger partial charge in [0, 0.05) is 24.5 Å². The molecule has 2 rings (SSSR count). The lowest BCUT2D eigenvalue weighted by atomic mass is 9.99. The highest BCUT2D eigenvalue weighted by Crippen LogP contribution is 2.12. The third-order valence-electron chi connectivity index (χ3n) is 3.34. The molecule has 1 aliphatic heterocycles. The lowest BCUT2D eigenvalue weighted by Crippen LogP contribution is -2.52. The minimum absolute atomic E-state index is 0.0335. The van der Waals surface area contributed by atoms with Gasteiger partial charge in [-0.25, -0.2) is 0 Å². The van der Waals surface area contributed by atoms with Crippen LogP contribution in [0, 0.1) is 0 Å². The Morgan fingerprint density at radius 1 is 1.61 bits per heavy atom. The molecule has 0 bridgehead atoms. The third kappa shape index (κ3) is 3.57. The van der Waals surface area contributed by atoms with E-state index in [0.29, 0.717) is 12.6 Å². The van der Waals surface area contributed by atoms with Gasteiger partial charge >= 0.3 is 0 Å². The molecule has 5 nitrogen and oxygen atoms in total. The normalized spacial score (nSPS) is 25.7. The molecule has 0 aromatic carbocycles. The summed E-state index contributed by atoms with van der Waals surface area (Å²) in [6.45, 7) is 4.85. The molecule has 0 radical (unpaired) electrons. The van der Waals surface area contributed by atoms with E-state index >= 15 is 0 Å². The lowest BCUT2D eigenvalue weighted by Gasteiger charge is -2.28. The summed E-state index contributed by atoms with van der Waals surface area (Å²) in [6.07, 6.45) is 6.87. The van der Waals surface area contributed by atoms with Crippen LogP contribution in [0.25, 0.3) is 0 Å². The van der Waals surface area contributed by atoms with Gasteiger partial charge < -0.3 is 10.6 Å². The zero-order valence-corrected chi connectivity index (χ0v) is 11.1. The van der Waals surface area contributed by atoms with Gasteiger partial charge in [0.25, 0.3) is 0 Å². The first-order chi connectivity index (χ1) is 8.65. The summed E-state index contributed by atoms with van der Waals surface area (Å²) >= 11 is 0. The number of nitrogens with zero attached hydrogens (tertiary/aromatic N) is 2. The van der Waals surface area contributed by atoms with Gasteiger partial charge in [0.2, 0.25) is 5.91 Å². The monoisotopic (exact) mass is 250 g/mol. The fourth-order valence-electron chi connectivity index (χ4n) is 2.42. The molecule has 3 unspecified atom stereocenters. The van der Waals surface area contributed by atoms with Crippen molar-refractivity contribution in [2.24, 2.45) is 0 Å². The first-order valence-electron chi connectivity index (χ1n) is 6.69. The number of carbonyl (C=O) groups excluding carboxylic acids is 1. The molecule has 0 saturated carbocycles. The van der Waals surface area contributed by atoms with Gasteiger partial charge in [-0.1, -0.05) is 0 Å². The van der Waals surface area contributed by atoms with Gasteiger partial charge in [0.1, 0.15) is 0 Å². The van der Waals surface area contributed by atoms with Crippen LogP contribution in [0.3, 0.4) is 0 Å². The molecule has 0 spiro atoms. The van der Waals surface area contributed by atoms with Crippen LogP contribution in [0.2, 0.25) is 0 Å². The maximum Gasteiger partial charge on any atom is 0.237 e. The molecule has 1 aliphatic rings. The molecule has 1 saturated heterocycles. The third-order valence-corrected chi connectivity index (χ3v) is 3.34. The number of nitrogens with one attached hydrogen (secondary N) is 2. The Balaban J connectivity index is 1.79. The second-order valence-corrected chi connectivity index (χ2v) is 5.19. The summed E-state index contributed by atoms with van der Waals surface area (Å²) in [5.41, 5.74) is 0. The van der Waals surface area contributed by atoms with E-state index in [9.17, 15) is 4.79 Å². The molecule has 100 valence electrons. The van der Waals surface area contributed by atoms with Crippen molar-refractivity contribution in [2.75, 3.05) is 0 Å². The van der Waals surface area contributed by atoms with Crippen LogP contribution in [-0.2, 0) is 11.3 Å². The molecule has 5 heteroatoms. The Bertz CT molecular complexity index is 376. The van der Waals surface area contributed by atoms with Crippen molar-refractivity contribution in [1.29, 1.82) is 0 Å². The Kier molecular flexibility index (Phi) is 4.36. The van der Waals surface area contributed by atoms with E-state index in [1.807, 2.05) is 23.9 Å². The topological polar surface area (TPSA) is 59.0 Å². The van der Waals surface area contributed by atoms with E-state index in [2.05, 4.69) is 22.7 Å². The molecule has 1 fully saturated rings. The molecular weight excluding hydrogens is 228 g/mol. The van der Waals surface area contributed by atoms with Crippen molar-refractivity contribution in [3.63, 3.8) is 0 Å². The first-order valence-corrected chi connectivity index (χ1v) is 6.69. The fraction of sp³-hybridized carbons (Fsp3) is 0.692. The Morgan fingerprint density at radius 3 is 3.11 bits per heavy atom. The molecule has 2 N–H and O–H groups in total. The van der Waals surface area contributed by atoms with E-state index in [-0.39, 0.29) is 18.0 Å². The van der Waals surface area contributed by atoms with Crippen molar-refractivity contribution < 1.29 is 4.79 Å². The number of hydrogen-bond acceptors (Lipinski definition) is 3. The van der Waals surface area contributed by atoms with E-state index in [4.69, 9.17) is 0 Å². The van der Waals surface area contributed by atoms with Gasteiger partial charge in [0.15, 0.2) is 0 Å². The molecule has 1 aromatic rings. The van der Waals surface area contributed by atoms with E-state index < -0.39 is 0 Å². The summed E-state index contributed by atoms with van der Waals surface area (Å²) in [5.74, 6) is 0.112. The summed E-state index contributed by atoms with van der Waals surface area (Å²) in [5, 5.41) is 10.5. The number of piperidine rings is 1. The predicted molar refractivity (Wildman–Crippen MR) is 70.1 cm³/mol. The zero-order valence-electron chi connectivity index (χ0n) is 11.1. The van der Waals surface area contributed by atoms with Gasteiger partial charge in [-0.15, -0.1) is 0 Å². The maximum absolute atomic E-state index is 12.1. The van der Waals surface area contributed by atoms with Crippen LogP contribution in [0.15, 0.2) is 18.5 Å². The average Bonchev–Trinajstić information content (AvgIpc) is 2.81.